The van der Waals surface area contributed by atoms with E-state index in [1.807, 2.05) is 13.8 Å². The molecule has 21 heavy (non-hydrogen) atoms. The number of aliphatic carboxylic acids is 1. The van der Waals surface area contributed by atoms with Crippen molar-refractivity contribution in [2.24, 2.45) is 11.3 Å². The molecule has 0 aromatic heterocycles. The molecular formula is C14H24N2O5. The van der Waals surface area contributed by atoms with Crippen LogP contribution in [0.3, 0.4) is 0 Å². The molecule has 1 rings (SSSR count). The number of carboxylic acids is 1. The van der Waals surface area contributed by atoms with E-state index in [2.05, 4.69) is 10.1 Å². The van der Waals surface area contributed by atoms with Crippen molar-refractivity contribution in [1.82, 2.24) is 10.2 Å². The van der Waals surface area contributed by atoms with Gasteiger partial charge in [0.25, 0.3) is 0 Å². The fourth-order valence-electron chi connectivity index (χ4n) is 2.38. The minimum Gasteiger partial charge on any atom is -0.481 e. The average molecular weight is 300 g/mol. The summed E-state index contributed by atoms with van der Waals surface area (Å²) in [7, 11) is 1.28. The third kappa shape index (κ3) is 4.34. The number of nitrogens with one attached hydrogen (secondary N) is 1. The van der Waals surface area contributed by atoms with Crippen LogP contribution in [0.2, 0.25) is 0 Å². The Morgan fingerprint density at radius 1 is 1.38 bits per heavy atom. The first kappa shape index (κ1) is 17.3. The second kappa shape index (κ2) is 6.78. The fraction of sp³-hybridized carbons (Fsp3) is 0.786. The Labute approximate surface area is 124 Å². The van der Waals surface area contributed by atoms with Crippen molar-refractivity contribution in [2.75, 3.05) is 20.2 Å². The number of ether oxygens (including phenoxy) is 1. The van der Waals surface area contributed by atoms with Crippen LogP contribution in [0.15, 0.2) is 0 Å². The van der Waals surface area contributed by atoms with E-state index in [0.717, 1.165) is 0 Å². The molecule has 1 aliphatic heterocycles. The minimum absolute atomic E-state index is 0.143. The van der Waals surface area contributed by atoms with Gasteiger partial charge in [-0.15, -0.1) is 0 Å². The molecule has 7 heteroatoms. The monoisotopic (exact) mass is 300 g/mol. The number of amides is 2. The molecule has 0 radical (unpaired) electrons. The van der Waals surface area contributed by atoms with E-state index in [4.69, 9.17) is 5.11 Å². The molecule has 2 atom stereocenters. The number of esters is 1. The SMILES string of the molecule is COC(=O)C(CC(C)C)NC(=O)N1CCC(C)(C(=O)O)C1. The lowest BCUT2D eigenvalue weighted by Crippen LogP contribution is -2.48. The molecule has 0 saturated carbocycles. The Hall–Kier alpha value is -1.79. The molecule has 0 aliphatic carbocycles. The molecular weight excluding hydrogens is 276 g/mol. The Balaban J connectivity index is 2.66. The highest BCUT2D eigenvalue weighted by Crippen LogP contribution is 2.30. The molecule has 7 nitrogen and oxygen atoms in total. The van der Waals surface area contributed by atoms with Gasteiger partial charge in [0.2, 0.25) is 0 Å². The summed E-state index contributed by atoms with van der Waals surface area (Å²) in [6.07, 6.45) is 0.880. The molecule has 1 saturated heterocycles. The standard InChI is InChI=1S/C14H24N2O5/c1-9(2)7-10(11(17)21-4)15-13(20)16-6-5-14(3,8-16)12(18)19/h9-10H,5-8H2,1-4H3,(H,15,20)(H,18,19). The number of hydrogen-bond acceptors (Lipinski definition) is 4. The first-order chi connectivity index (χ1) is 9.69. The number of methoxy groups -OCH3 is 1. The van der Waals surface area contributed by atoms with Gasteiger partial charge in [-0.25, -0.2) is 9.59 Å². The van der Waals surface area contributed by atoms with Crippen LogP contribution in [0, 0.1) is 11.3 Å². The van der Waals surface area contributed by atoms with Gasteiger partial charge in [-0.05, 0) is 25.7 Å². The van der Waals surface area contributed by atoms with Crippen LogP contribution in [0.4, 0.5) is 4.79 Å². The number of nitrogens with zero attached hydrogens (tertiary/aromatic N) is 1. The van der Waals surface area contributed by atoms with Crippen molar-refractivity contribution in [3.63, 3.8) is 0 Å². The number of likely N-dealkylation sites (tertiary alicyclic amines) is 1. The Bertz CT molecular complexity index is 424. The van der Waals surface area contributed by atoms with E-state index in [1.165, 1.54) is 12.0 Å². The largest absolute Gasteiger partial charge is 0.481 e. The first-order valence-electron chi connectivity index (χ1n) is 7.06. The Morgan fingerprint density at radius 2 is 2.00 bits per heavy atom. The number of rotatable bonds is 5. The molecule has 0 spiro atoms. The summed E-state index contributed by atoms with van der Waals surface area (Å²) in [5.41, 5.74) is -0.920. The van der Waals surface area contributed by atoms with Gasteiger partial charge in [0.1, 0.15) is 6.04 Å². The molecule has 120 valence electrons. The van der Waals surface area contributed by atoms with E-state index in [1.54, 1.807) is 6.92 Å². The summed E-state index contributed by atoms with van der Waals surface area (Å²) in [6, 6.07) is -1.13. The maximum atomic E-state index is 12.2. The van der Waals surface area contributed by atoms with Crippen molar-refractivity contribution >= 4 is 18.0 Å². The van der Waals surface area contributed by atoms with E-state index in [-0.39, 0.29) is 12.5 Å². The highest BCUT2D eigenvalue weighted by atomic mass is 16.5. The van der Waals surface area contributed by atoms with E-state index < -0.39 is 29.4 Å². The summed E-state index contributed by atoms with van der Waals surface area (Å²) in [4.78, 5) is 36.5. The Morgan fingerprint density at radius 3 is 2.43 bits per heavy atom. The second-order valence-corrected chi connectivity index (χ2v) is 6.19. The van der Waals surface area contributed by atoms with Crippen LogP contribution < -0.4 is 5.32 Å². The van der Waals surface area contributed by atoms with Crippen molar-refractivity contribution in [3.05, 3.63) is 0 Å². The summed E-state index contributed by atoms with van der Waals surface area (Å²) in [6.45, 7) is 6.02. The van der Waals surface area contributed by atoms with Crippen molar-refractivity contribution in [3.8, 4) is 0 Å². The summed E-state index contributed by atoms with van der Waals surface area (Å²) >= 11 is 0. The third-order valence-corrected chi connectivity index (χ3v) is 3.77. The molecule has 0 aromatic carbocycles. The molecule has 1 aliphatic rings. The van der Waals surface area contributed by atoms with Gasteiger partial charge >= 0.3 is 18.0 Å². The van der Waals surface area contributed by atoms with Gasteiger partial charge in [-0.3, -0.25) is 4.79 Å². The van der Waals surface area contributed by atoms with E-state index >= 15 is 0 Å². The smallest absolute Gasteiger partial charge is 0.328 e. The number of hydrogen-bond donors (Lipinski definition) is 2. The molecule has 1 fully saturated rings. The van der Waals surface area contributed by atoms with Crippen LogP contribution in [0.5, 0.6) is 0 Å². The number of carbonyl (C=O) groups is 3. The maximum Gasteiger partial charge on any atom is 0.328 e. The first-order valence-corrected chi connectivity index (χ1v) is 7.06. The normalized spacial score (nSPS) is 23.0. The zero-order chi connectivity index (χ0) is 16.2. The summed E-state index contributed by atoms with van der Waals surface area (Å²) in [5, 5.41) is 11.8. The van der Waals surface area contributed by atoms with Gasteiger partial charge < -0.3 is 20.1 Å². The van der Waals surface area contributed by atoms with Crippen LogP contribution in [0.25, 0.3) is 0 Å². The maximum absolute atomic E-state index is 12.2. The Kier molecular flexibility index (Phi) is 5.57. The van der Waals surface area contributed by atoms with Gasteiger partial charge in [-0.2, -0.15) is 0 Å². The number of urea groups is 1. The summed E-state index contributed by atoms with van der Waals surface area (Å²) < 4.78 is 4.69. The third-order valence-electron chi connectivity index (χ3n) is 3.77. The van der Waals surface area contributed by atoms with Crippen molar-refractivity contribution in [2.45, 2.75) is 39.7 Å². The van der Waals surface area contributed by atoms with Crippen LogP contribution in [-0.4, -0.2) is 54.2 Å². The lowest BCUT2D eigenvalue weighted by atomic mass is 9.90. The lowest BCUT2D eigenvalue weighted by Gasteiger charge is -2.24. The average Bonchev–Trinajstić information content (AvgIpc) is 2.80. The van der Waals surface area contributed by atoms with Crippen LogP contribution >= 0.6 is 0 Å². The number of carboxylic acid groups (broad SMARTS) is 1. The van der Waals surface area contributed by atoms with Gasteiger partial charge in [0.05, 0.1) is 12.5 Å². The highest BCUT2D eigenvalue weighted by Gasteiger charge is 2.42. The quantitative estimate of drug-likeness (QED) is 0.741. The molecule has 2 amide bonds. The molecule has 0 bridgehead atoms. The number of carbonyl (C=O) groups excluding carboxylic acids is 2. The van der Waals surface area contributed by atoms with E-state index in [0.29, 0.717) is 19.4 Å². The fourth-order valence-corrected chi connectivity index (χ4v) is 2.38. The van der Waals surface area contributed by atoms with Gasteiger partial charge in [0, 0.05) is 13.1 Å². The molecule has 0 aromatic rings. The van der Waals surface area contributed by atoms with Gasteiger partial charge in [-0.1, -0.05) is 13.8 Å². The topological polar surface area (TPSA) is 95.9 Å². The van der Waals surface area contributed by atoms with Crippen LogP contribution in [0.1, 0.15) is 33.6 Å². The molecule has 1 heterocycles. The minimum atomic E-state index is -0.920. The lowest BCUT2D eigenvalue weighted by molar-refractivity contribution is -0.147. The predicted molar refractivity (Wildman–Crippen MR) is 75.7 cm³/mol. The summed E-state index contributed by atoms with van der Waals surface area (Å²) in [5.74, 6) is -1.18. The highest BCUT2D eigenvalue weighted by molar-refractivity contribution is 5.84. The zero-order valence-electron chi connectivity index (χ0n) is 13.0. The van der Waals surface area contributed by atoms with Crippen molar-refractivity contribution < 1.29 is 24.2 Å². The van der Waals surface area contributed by atoms with Crippen LogP contribution in [-0.2, 0) is 14.3 Å². The van der Waals surface area contributed by atoms with Gasteiger partial charge in [0.15, 0.2) is 0 Å². The van der Waals surface area contributed by atoms with E-state index in [9.17, 15) is 14.4 Å². The second-order valence-electron chi connectivity index (χ2n) is 6.19. The molecule has 2 unspecified atom stereocenters. The van der Waals surface area contributed by atoms with Crippen molar-refractivity contribution in [1.29, 1.82) is 0 Å². The molecule has 2 N–H and O–H groups in total. The predicted octanol–water partition coefficient (Wildman–Crippen LogP) is 1.08. The zero-order valence-corrected chi connectivity index (χ0v) is 13.0.